The van der Waals surface area contributed by atoms with E-state index in [4.69, 9.17) is 5.26 Å². The molecule has 3 rings (SSSR count). The third kappa shape index (κ3) is 4.35. The van der Waals surface area contributed by atoms with Crippen molar-refractivity contribution >= 4 is 23.2 Å². The van der Waals surface area contributed by atoms with Crippen LogP contribution in [0.2, 0.25) is 0 Å². The highest BCUT2D eigenvalue weighted by Gasteiger charge is 2.15. The van der Waals surface area contributed by atoms with Gasteiger partial charge in [-0.3, -0.25) is 9.59 Å². The van der Waals surface area contributed by atoms with Gasteiger partial charge >= 0.3 is 0 Å². The molecule has 0 radical (unpaired) electrons. The molecular weight excluding hydrogens is 344 g/mol. The Morgan fingerprint density at radius 2 is 1.81 bits per heavy atom. The second-order valence-corrected chi connectivity index (χ2v) is 5.76. The van der Waals surface area contributed by atoms with Gasteiger partial charge in [0.2, 0.25) is 5.91 Å². The summed E-state index contributed by atoms with van der Waals surface area (Å²) in [6, 6.07) is 14.7. The topological polar surface area (TPSA) is 113 Å². The van der Waals surface area contributed by atoms with E-state index < -0.39 is 6.04 Å². The summed E-state index contributed by atoms with van der Waals surface area (Å²) in [4.78, 5) is 28.3. The quantitative estimate of drug-likeness (QED) is 0.726. The third-order valence-corrected chi connectivity index (χ3v) is 3.88. The van der Waals surface area contributed by atoms with Crippen LogP contribution < -0.4 is 10.6 Å². The van der Waals surface area contributed by atoms with E-state index in [2.05, 4.69) is 20.7 Å². The molecule has 0 aliphatic carbocycles. The molecule has 0 bridgehead atoms. The molecule has 0 aliphatic heterocycles. The Bertz CT molecular complexity index is 990. The van der Waals surface area contributed by atoms with Crippen LogP contribution in [-0.4, -0.2) is 26.6 Å². The van der Waals surface area contributed by atoms with E-state index >= 15 is 0 Å². The average molecular weight is 360 g/mol. The number of benzene rings is 2. The molecule has 2 aromatic carbocycles. The van der Waals surface area contributed by atoms with Crippen molar-refractivity contribution in [2.75, 3.05) is 10.6 Å². The minimum atomic E-state index is -0.501. The molecule has 1 atom stereocenters. The van der Waals surface area contributed by atoms with Crippen LogP contribution >= 0.6 is 0 Å². The second-order valence-electron chi connectivity index (χ2n) is 5.76. The van der Waals surface area contributed by atoms with Gasteiger partial charge in [-0.2, -0.15) is 10.4 Å². The van der Waals surface area contributed by atoms with Gasteiger partial charge in [-0.15, -0.1) is 0 Å². The molecule has 0 spiro atoms. The molecule has 1 aromatic heterocycles. The van der Waals surface area contributed by atoms with Crippen LogP contribution in [0.5, 0.6) is 0 Å². The summed E-state index contributed by atoms with van der Waals surface area (Å²) >= 11 is 0. The minimum absolute atomic E-state index is 0.231. The first-order valence-electron chi connectivity index (χ1n) is 8.13. The number of anilines is 2. The zero-order chi connectivity index (χ0) is 19.2. The third-order valence-electron chi connectivity index (χ3n) is 3.88. The number of hydrogen-bond acceptors (Lipinski definition) is 5. The van der Waals surface area contributed by atoms with Gasteiger partial charge in [0.1, 0.15) is 18.7 Å². The number of nitrogens with one attached hydrogen (secondary N) is 2. The molecule has 8 nitrogen and oxygen atoms in total. The zero-order valence-corrected chi connectivity index (χ0v) is 14.5. The molecular formula is C19H16N6O2. The average Bonchev–Trinajstić information content (AvgIpc) is 3.23. The molecule has 2 N–H and O–H groups in total. The lowest BCUT2D eigenvalue weighted by Crippen LogP contribution is -2.24. The van der Waals surface area contributed by atoms with E-state index in [0.717, 1.165) is 0 Å². The normalized spacial score (nSPS) is 11.3. The van der Waals surface area contributed by atoms with Crippen molar-refractivity contribution in [3.8, 4) is 6.07 Å². The fraction of sp³-hybridized carbons (Fsp3) is 0.105. The number of aromatic nitrogens is 3. The molecule has 0 saturated heterocycles. The molecule has 0 saturated carbocycles. The van der Waals surface area contributed by atoms with Gasteiger partial charge in [0.05, 0.1) is 11.6 Å². The maximum atomic E-state index is 12.3. The number of carbonyl (C=O) groups is 2. The highest BCUT2D eigenvalue weighted by atomic mass is 16.2. The Labute approximate surface area is 155 Å². The maximum absolute atomic E-state index is 12.3. The first-order valence-corrected chi connectivity index (χ1v) is 8.13. The Morgan fingerprint density at radius 3 is 2.44 bits per heavy atom. The molecule has 8 heteroatoms. The second kappa shape index (κ2) is 7.93. The molecule has 134 valence electrons. The van der Waals surface area contributed by atoms with Gasteiger partial charge in [-0.1, -0.05) is 6.07 Å². The standard InChI is InChI=1S/C19H16N6O2/c1-13(25-12-21-11-22-25)18(26)23-16-5-7-17(8-6-16)24-19(27)15-4-2-3-14(9-15)10-20/h2-9,11-13H,1H3,(H,23,26)(H,24,27). The number of nitrogens with zero attached hydrogens (tertiary/aromatic N) is 4. The summed E-state index contributed by atoms with van der Waals surface area (Å²) in [5.41, 5.74) is 1.98. The van der Waals surface area contributed by atoms with Crippen LogP contribution in [0.15, 0.2) is 61.2 Å². The predicted octanol–water partition coefficient (Wildman–Crippen LogP) is 2.60. The van der Waals surface area contributed by atoms with Crippen molar-refractivity contribution in [3.63, 3.8) is 0 Å². The fourth-order valence-electron chi connectivity index (χ4n) is 2.35. The summed E-state index contributed by atoms with van der Waals surface area (Å²) in [6.07, 6.45) is 2.84. The molecule has 3 aromatic rings. The van der Waals surface area contributed by atoms with Crippen molar-refractivity contribution in [1.82, 2.24) is 14.8 Å². The first-order chi connectivity index (χ1) is 13.1. The van der Waals surface area contributed by atoms with Crippen LogP contribution in [0.25, 0.3) is 0 Å². The largest absolute Gasteiger partial charge is 0.324 e. The van der Waals surface area contributed by atoms with E-state index in [1.165, 1.54) is 23.4 Å². The summed E-state index contributed by atoms with van der Waals surface area (Å²) in [5, 5.41) is 18.4. The number of rotatable bonds is 5. The van der Waals surface area contributed by atoms with Gasteiger partial charge < -0.3 is 10.6 Å². The zero-order valence-electron chi connectivity index (χ0n) is 14.5. The lowest BCUT2D eigenvalue weighted by molar-refractivity contribution is -0.119. The number of carbonyl (C=O) groups excluding carboxylic acids is 2. The van der Waals surface area contributed by atoms with Crippen LogP contribution in [-0.2, 0) is 4.79 Å². The summed E-state index contributed by atoms with van der Waals surface area (Å²) in [7, 11) is 0. The fourth-order valence-corrected chi connectivity index (χ4v) is 2.35. The van der Waals surface area contributed by atoms with Crippen LogP contribution in [0.3, 0.4) is 0 Å². The lowest BCUT2D eigenvalue weighted by atomic mass is 10.1. The van der Waals surface area contributed by atoms with Gasteiger partial charge in [0, 0.05) is 16.9 Å². The van der Waals surface area contributed by atoms with Crippen molar-refractivity contribution in [2.45, 2.75) is 13.0 Å². The van der Waals surface area contributed by atoms with E-state index in [0.29, 0.717) is 22.5 Å². The van der Waals surface area contributed by atoms with E-state index in [1.54, 1.807) is 49.4 Å². The van der Waals surface area contributed by atoms with Crippen LogP contribution in [0.1, 0.15) is 28.9 Å². The Hall–Kier alpha value is -3.99. The van der Waals surface area contributed by atoms with Gasteiger partial charge in [-0.25, -0.2) is 9.67 Å². The minimum Gasteiger partial charge on any atom is -0.324 e. The monoisotopic (exact) mass is 360 g/mol. The predicted molar refractivity (Wildman–Crippen MR) is 98.9 cm³/mol. The molecule has 2 amide bonds. The SMILES string of the molecule is CC(C(=O)Nc1ccc(NC(=O)c2cccc(C#N)c2)cc1)n1cncn1. The van der Waals surface area contributed by atoms with Crippen molar-refractivity contribution in [1.29, 1.82) is 5.26 Å². The maximum Gasteiger partial charge on any atom is 0.255 e. The van der Waals surface area contributed by atoms with Crippen LogP contribution in [0.4, 0.5) is 11.4 Å². The van der Waals surface area contributed by atoms with E-state index in [1.807, 2.05) is 6.07 Å². The van der Waals surface area contributed by atoms with E-state index in [-0.39, 0.29) is 11.8 Å². The van der Waals surface area contributed by atoms with Crippen molar-refractivity contribution in [2.24, 2.45) is 0 Å². The molecule has 1 unspecified atom stereocenters. The summed E-state index contributed by atoms with van der Waals surface area (Å²) < 4.78 is 1.46. The Kier molecular flexibility index (Phi) is 5.23. The molecule has 1 heterocycles. The number of amides is 2. The highest BCUT2D eigenvalue weighted by Crippen LogP contribution is 2.16. The number of nitriles is 1. The number of hydrogen-bond donors (Lipinski definition) is 2. The smallest absolute Gasteiger partial charge is 0.255 e. The molecule has 0 aliphatic rings. The van der Waals surface area contributed by atoms with Gasteiger partial charge in [-0.05, 0) is 49.4 Å². The highest BCUT2D eigenvalue weighted by molar-refractivity contribution is 6.04. The summed E-state index contributed by atoms with van der Waals surface area (Å²) in [5.74, 6) is -0.547. The lowest BCUT2D eigenvalue weighted by Gasteiger charge is -2.12. The van der Waals surface area contributed by atoms with Gasteiger partial charge in [0.25, 0.3) is 5.91 Å². The first kappa shape index (κ1) is 17.8. The molecule has 0 fully saturated rings. The van der Waals surface area contributed by atoms with Crippen LogP contribution in [0, 0.1) is 11.3 Å². The molecule has 27 heavy (non-hydrogen) atoms. The van der Waals surface area contributed by atoms with Crippen molar-refractivity contribution in [3.05, 3.63) is 72.3 Å². The summed E-state index contributed by atoms with van der Waals surface area (Å²) in [6.45, 7) is 1.72. The Morgan fingerprint density at radius 1 is 1.11 bits per heavy atom. The van der Waals surface area contributed by atoms with Crippen molar-refractivity contribution < 1.29 is 9.59 Å². The van der Waals surface area contributed by atoms with Gasteiger partial charge in [0.15, 0.2) is 0 Å². The Balaban J connectivity index is 1.62. The van der Waals surface area contributed by atoms with E-state index in [9.17, 15) is 9.59 Å².